The number of hydrogen-bond donors (Lipinski definition) is 2. The van der Waals surface area contributed by atoms with Gasteiger partial charge >= 0.3 is 0 Å². The highest BCUT2D eigenvalue weighted by Gasteiger charge is 2.22. The maximum atomic E-state index is 12.1. The van der Waals surface area contributed by atoms with Crippen LogP contribution < -0.4 is 10.6 Å². The molecular weight excluding hydrogens is 334 g/mol. The van der Waals surface area contributed by atoms with E-state index in [1.807, 2.05) is 61.5 Å². The molecule has 128 valence electrons. The Kier molecular flexibility index (Phi) is 5.50. The number of amides is 2. The molecule has 1 heterocycles. The van der Waals surface area contributed by atoms with Gasteiger partial charge in [0.25, 0.3) is 0 Å². The largest absolute Gasteiger partial charge is 0.325 e. The van der Waals surface area contributed by atoms with Gasteiger partial charge < -0.3 is 10.6 Å². The monoisotopic (exact) mass is 353 g/mol. The van der Waals surface area contributed by atoms with Gasteiger partial charge in [-0.2, -0.15) is 0 Å². The number of anilines is 1. The first kappa shape index (κ1) is 17.2. The molecular formula is C19H19N3O2S. The third-order valence-corrected chi connectivity index (χ3v) is 4.65. The van der Waals surface area contributed by atoms with Crippen LogP contribution in [0, 0.1) is 6.92 Å². The van der Waals surface area contributed by atoms with Crippen molar-refractivity contribution in [3.63, 3.8) is 0 Å². The van der Waals surface area contributed by atoms with E-state index in [1.54, 1.807) is 0 Å². The molecule has 6 heteroatoms. The summed E-state index contributed by atoms with van der Waals surface area (Å²) in [6.07, 6.45) is 0.323. The standard InChI is InChI=1S/C19H19N3O2S/c1-13-7-9-15(10-8-13)20-18(24)12-25-19-21-16(11-17(23)22-19)14-5-3-2-4-6-14/h2-10,16H,11-12H2,1H3,(H,20,24)(H,21,22,23)/t16-/m1/s1. The van der Waals surface area contributed by atoms with E-state index in [4.69, 9.17) is 0 Å². The SMILES string of the molecule is Cc1ccc(NC(=O)CSC2=N[C@@H](c3ccccc3)CC(=O)N2)cc1. The van der Waals surface area contributed by atoms with Gasteiger partial charge in [-0.15, -0.1) is 0 Å². The van der Waals surface area contributed by atoms with Gasteiger partial charge in [0.05, 0.1) is 18.2 Å². The number of aryl methyl sites for hydroxylation is 1. The molecule has 1 atom stereocenters. The predicted molar refractivity (Wildman–Crippen MR) is 102 cm³/mol. The zero-order valence-corrected chi connectivity index (χ0v) is 14.7. The van der Waals surface area contributed by atoms with Crippen molar-refractivity contribution in [3.05, 3.63) is 65.7 Å². The second-order valence-corrected chi connectivity index (χ2v) is 6.78. The lowest BCUT2D eigenvalue weighted by Crippen LogP contribution is -2.35. The van der Waals surface area contributed by atoms with Gasteiger partial charge in [-0.1, -0.05) is 59.8 Å². The Morgan fingerprint density at radius 3 is 2.64 bits per heavy atom. The molecule has 25 heavy (non-hydrogen) atoms. The molecule has 0 fully saturated rings. The Labute approximate surface area is 150 Å². The molecule has 0 bridgehead atoms. The van der Waals surface area contributed by atoms with Crippen LogP contribution in [-0.4, -0.2) is 22.7 Å². The Balaban J connectivity index is 1.59. The molecule has 1 aliphatic heterocycles. The summed E-state index contributed by atoms with van der Waals surface area (Å²) in [4.78, 5) is 28.6. The molecule has 2 aromatic carbocycles. The third kappa shape index (κ3) is 4.93. The molecule has 5 nitrogen and oxygen atoms in total. The van der Waals surface area contributed by atoms with E-state index in [2.05, 4.69) is 15.6 Å². The van der Waals surface area contributed by atoms with E-state index in [1.165, 1.54) is 11.8 Å². The highest BCUT2D eigenvalue weighted by molar-refractivity contribution is 8.14. The van der Waals surface area contributed by atoms with E-state index in [0.717, 1.165) is 16.8 Å². The van der Waals surface area contributed by atoms with Crippen LogP contribution in [0.25, 0.3) is 0 Å². The number of thioether (sulfide) groups is 1. The summed E-state index contributed by atoms with van der Waals surface area (Å²) >= 11 is 1.24. The minimum atomic E-state index is -0.197. The number of hydrogen-bond acceptors (Lipinski definition) is 4. The van der Waals surface area contributed by atoms with Crippen molar-refractivity contribution in [1.82, 2.24) is 5.32 Å². The van der Waals surface area contributed by atoms with Crippen LogP contribution >= 0.6 is 11.8 Å². The Bertz CT molecular complexity index is 788. The summed E-state index contributed by atoms with van der Waals surface area (Å²) in [5.74, 6) is -0.0213. The molecule has 0 radical (unpaired) electrons. The van der Waals surface area contributed by atoms with Gasteiger partial charge in [0.15, 0.2) is 5.17 Å². The van der Waals surface area contributed by atoms with Crippen molar-refractivity contribution in [3.8, 4) is 0 Å². The summed E-state index contributed by atoms with van der Waals surface area (Å²) in [7, 11) is 0. The molecule has 3 rings (SSSR count). The van der Waals surface area contributed by atoms with E-state index in [0.29, 0.717) is 11.6 Å². The average molecular weight is 353 g/mol. The van der Waals surface area contributed by atoms with Gasteiger partial charge in [-0.05, 0) is 24.6 Å². The molecule has 0 saturated heterocycles. The number of rotatable bonds is 4. The molecule has 2 amide bonds. The Hall–Kier alpha value is -2.60. The summed E-state index contributed by atoms with van der Waals surface area (Å²) in [5, 5.41) is 6.06. The van der Waals surface area contributed by atoms with Crippen molar-refractivity contribution in [2.75, 3.05) is 11.1 Å². The van der Waals surface area contributed by atoms with E-state index >= 15 is 0 Å². The summed E-state index contributed by atoms with van der Waals surface area (Å²) in [6.45, 7) is 1.99. The maximum absolute atomic E-state index is 12.1. The number of nitrogens with one attached hydrogen (secondary N) is 2. The molecule has 1 aliphatic rings. The Morgan fingerprint density at radius 1 is 1.20 bits per heavy atom. The smallest absolute Gasteiger partial charge is 0.234 e. The van der Waals surface area contributed by atoms with E-state index < -0.39 is 0 Å². The van der Waals surface area contributed by atoms with Gasteiger partial charge in [-0.25, -0.2) is 0 Å². The number of nitrogens with zero attached hydrogens (tertiary/aromatic N) is 1. The topological polar surface area (TPSA) is 70.6 Å². The number of aliphatic imine (C=N–C) groups is 1. The zero-order chi connectivity index (χ0) is 17.6. The summed E-state index contributed by atoms with van der Waals surface area (Å²) < 4.78 is 0. The number of amidine groups is 1. The maximum Gasteiger partial charge on any atom is 0.234 e. The Morgan fingerprint density at radius 2 is 1.92 bits per heavy atom. The van der Waals surface area contributed by atoms with Gasteiger partial charge in [-0.3, -0.25) is 14.6 Å². The summed E-state index contributed by atoms with van der Waals surface area (Å²) in [6, 6.07) is 17.1. The first-order valence-corrected chi connectivity index (χ1v) is 9.00. The molecule has 0 unspecified atom stereocenters. The van der Waals surface area contributed by atoms with Crippen LogP contribution in [0.3, 0.4) is 0 Å². The molecule has 0 saturated carbocycles. The normalized spacial score (nSPS) is 16.8. The van der Waals surface area contributed by atoms with E-state index in [-0.39, 0.29) is 23.6 Å². The average Bonchev–Trinajstić information content (AvgIpc) is 2.62. The van der Waals surface area contributed by atoms with Crippen LogP contribution in [0.1, 0.15) is 23.6 Å². The fourth-order valence-corrected chi connectivity index (χ4v) is 3.20. The van der Waals surface area contributed by atoms with Crippen LogP contribution in [-0.2, 0) is 9.59 Å². The number of carbonyl (C=O) groups excluding carboxylic acids is 2. The second-order valence-electron chi connectivity index (χ2n) is 5.82. The van der Waals surface area contributed by atoms with Gasteiger partial charge in [0, 0.05) is 5.69 Å². The lowest BCUT2D eigenvalue weighted by Gasteiger charge is -2.20. The van der Waals surface area contributed by atoms with Crippen molar-refractivity contribution < 1.29 is 9.59 Å². The first-order valence-electron chi connectivity index (χ1n) is 8.02. The lowest BCUT2D eigenvalue weighted by molar-refractivity contribution is -0.120. The minimum Gasteiger partial charge on any atom is -0.325 e. The van der Waals surface area contributed by atoms with Gasteiger partial charge in [0.1, 0.15) is 0 Å². The van der Waals surface area contributed by atoms with Crippen LogP contribution in [0.2, 0.25) is 0 Å². The highest BCUT2D eigenvalue weighted by atomic mass is 32.2. The van der Waals surface area contributed by atoms with Crippen LogP contribution in [0.15, 0.2) is 59.6 Å². The first-order chi connectivity index (χ1) is 12.1. The van der Waals surface area contributed by atoms with Crippen molar-refractivity contribution in [2.45, 2.75) is 19.4 Å². The van der Waals surface area contributed by atoms with Gasteiger partial charge in [0.2, 0.25) is 11.8 Å². The lowest BCUT2D eigenvalue weighted by atomic mass is 10.0. The van der Waals surface area contributed by atoms with Crippen molar-refractivity contribution in [2.24, 2.45) is 4.99 Å². The quantitative estimate of drug-likeness (QED) is 0.886. The molecule has 2 aromatic rings. The van der Waals surface area contributed by atoms with Crippen LogP contribution in [0.4, 0.5) is 5.69 Å². The molecule has 0 spiro atoms. The fourth-order valence-electron chi connectivity index (χ4n) is 2.47. The predicted octanol–water partition coefficient (Wildman–Crippen LogP) is 3.28. The van der Waals surface area contributed by atoms with Crippen molar-refractivity contribution in [1.29, 1.82) is 0 Å². The fraction of sp³-hybridized carbons (Fsp3) is 0.211. The third-order valence-electron chi connectivity index (χ3n) is 3.76. The molecule has 2 N–H and O–H groups in total. The van der Waals surface area contributed by atoms with Crippen molar-refractivity contribution >= 4 is 34.4 Å². The number of benzene rings is 2. The number of carbonyl (C=O) groups is 2. The van der Waals surface area contributed by atoms with Crippen LogP contribution in [0.5, 0.6) is 0 Å². The second kappa shape index (κ2) is 7.98. The molecule has 0 aromatic heterocycles. The minimum absolute atomic E-state index is 0.0784. The summed E-state index contributed by atoms with van der Waals surface area (Å²) in [5.41, 5.74) is 2.89. The molecule has 0 aliphatic carbocycles. The highest BCUT2D eigenvalue weighted by Crippen LogP contribution is 2.25. The zero-order valence-electron chi connectivity index (χ0n) is 13.9. The van der Waals surface area contributed by atoms with E-state index in [9.17, 15) is 9.59 Å².